The van der Waals surface area contributed by atoms with Crippen LogP contribution in [0.5, 0.6) is 0 Å². The van der Waals surface area contributed by atoms with E-state index in [1.54, 1.807) is 18.6 Å². The van der Waals surface area contributed by atoms with Crippen molar-refractivity contribution >= 4 is 21.6 Å². The van der Waals surface area contributed by atoms with Crippen molar-refractivity contribution in [3.8, 4) is 0 Å². The van der Waals surface area contributed by atoms with Gasteiger partial charge in [0.05, 0.1) is 36.0 Å². The third-order valence-corrected chi connectivity index (χ3v) is 3.35. The Morgan fingerprint density at radius 3 is 2.74 bits per heavy atom. The standard InChI is InChI=1S/C12H14BrN5O/c1-3-18-12(19)11(13)10(7-17-18)16-6-9-5-14-8(2)4-15-9/h4-5,7,16H,3,6H2,1-2H3. The lowest BCUT2D eigenvalue weighted by Gasteiger charge is -2.09. The molecule has 2 rings (SSSR count). The molecule has 6 nitrogen and oxygen atoms in total. The first-order valence-electron chi connectivity index (χ1n) is 5.88. The first-order valence-corrected chi connectivity index (χ1v) is 6.68. The maximum atomic E-state index is 11.9. The van der Waals surface area contributed by atoms with Crippen molar-refractivity contribution in [1.29, 1.82) is 0 Å². The molecule has 1 N–H and O–H groups in total. The summed E-state index contributed by atoms with van der Waals surface area (Å²) in [5.41, 5.74) is 2.17. The van der Waals surface area contributed by atoms with Crippen LogP contribution in [0.2, 0.25) is 0 Å². The van der Waals surface area contributed by atoms with Crippen LogP contribution < -0.4 is 10.9 Å². The molecule has 2 aromatic rings. The van der Waals surface area contributed by atoms with E-state index in [9.17, 15) is 4.79 Å². The van der Waals surface area contributed by atoms with E-state index in [4.69, 9.17) is 0 Å². The Balaban J connectivity index is 2.14. The minimum absolute atomic E-state index is 0.150. The molecule has 7 heteroatoms. The molecule has 0 aromatic carbocycles. The molecule has 0 saturated carbocycles. The monoisotopic (exact) mass is 323 g/mol. The lowest BCUT2D eigenvalue weighted by Crippen LogP contribution is -2.23. The van der Waals surface area contributed by atoms with E-state index in [0.29, 0.717) is 23.2 Å². The lowest BCUT2D eigenvalue weighted by molar-refractivity contribution is 0.613. The van der Waals surface area contributed by atoms with Gasteiger partial charge in [0.2, 0.25) is 0 Å². The first kappa shape index (κ1) is 13.7. The zero-order valence-corrected chi connectivity index (χ0v) is 12.3. The topological polar surface area (TPSA) is 72.7 Å². The second-order valence-electron chi connectivity index (χ2n) is 4.00. The van der Waals surface area contributed by atoms with Gasteiger partial charge in [0.1, 0.15) is 4.47 Å². The van der Waals surface area contributed by atoms with Crippen molar-refractivity contribution in [3.05, 3.63) is 44.8 Å². The molecule has 2 heterocycles. The van der Waals surface area contributed by atoms with E-state index in [1.807, 2.05) is 13.8 Å². The van der Waals surface area contributed by atoms with Gasteiger partial charge in [-0.2, -0.15) is 5.10 Å². The largest absolute Gasteiger partial charge is 0.377 e. The van der Waals surface area contributed by atoms with Gasteiger partial charge < -0.3 is 5.32 Å². The van der Waals surface area contributed by atoms with Crippen molar-refractivity contribution in [3.63, 3.8) is 0 Å². The third-order valence-electron chi connectivity index (χ3n) is 2.58. The SMILES string of the molecule is CCn1ncc(NCc2cnc(C)cn2)c(Br)c1=O. The molecular weight excluding hydrogens is 310 g/mol. The van der Waals surface area contributed by atoms with E-state index in [-0.39, 0.29) is 5.56 Å². The highest BCUT2D eigenvalue weighted by molar-refractivity contribution is 9.10. The van der Waals surface area contributed by atoms with Gasteiger partial charge >= 0.3 is 0 Å². The fourth-order valence-electron chi connectivity index (χ4n) is 1.51. The van der Waals surface area contributed by atoms with E-state index in [2.05, 4.69) is 36.3 Å². The Morgan fingerprint density at radius 1 is 1.32 bits per heavy atom. The molecule has 0 bridgehead atoms. The summed E-state index contributed by atoms with van der Waals surface area (Å²) in [6.45, 7) is 4.79. The normalized spacial score (nSPS) is 10.5. The Kier molecular flexibility index (Phi) is 4.26. The number of aromatic nitrogens is 4. The number of hydrogen-bond donors (Lipinski definition) is 1. The molecule has 0 aliphatic rings. The van der Waals surface area contributed by atoms with Crippen molar-refractivity contribution in [2.75, 3.05) is 5.32 Å². The summed E-state index contributed by atoms with van der Waals surface area (Å²) in [4.78, 5) is 20.3. The Hall–Kier alpha value is -1.76. The molecule has 0 atom stereocenters. The summed E-state index contributed by atoms with van der Waals surface area (Å²) >= 11 is 3.29. The number of anilines is 1. The smallest absolute Gasteiger partial charge is 0.283 e. The summed E-state index contributed by atoms with van der Waals surface area (Å²) in [6.07, 6.45) is 5.03. The number of halogens is 1. The van der Waals surface area contributed by atoms with Gasteiger partial charge in [0.25, 0.3) is 5.56 Å². The van der Waals surface area contributed by atoms with Crippen LogP contribution in [0.4, 0.5) is 5.69 Å². The van der Waals surface area contributed by atoms with Gasteiger partial charge in [-0.25, -0.2) is 4.68 Å². The Labute approximate surface area is 119 Å². The minimum Gasteiger partial charge on any atom is -0.377 e. The molecule has 0 fully saturated rings. The van der Waals surface area contributed by atoms with Crippen LogP contribution in [0.25, 0.3) is 0 Å². The summed E-state index contributed by atoms with van der Waals surface area (Å²) in [5, 5.41) is 7.18. The second-order valence-corrected chi connectivity index (χ2v) is 4.79. The van der Waals surface area contributed by atoms with Crippen LogP contribution >= 0.6 is 15.9 Å². The number of nitrogens with zero attached hydrogens (tertiary/aromatic N) is 4. The molecule has 0 amide bonds. The van der Waals surface area contributed by atoms with Crippen molar-refractivity contribution in [2.24, 2.45) is 0 Å². The highest BCUT2D eigenvalue weighted by atomic mass is 79.9. The van der Waals surface area contributed by atoms with Gasteiger partial charge in [-0.1, -0.05) is 0 Å². The molecule has 0 spiro atoms. The van der Waals surface area contributed by atoms with Gasteiger partial charge in [-0.3, -0.25) is 14.8 Å². The van der Waals surface area contributed by atoms with Gasteiger partial charge in [-0.05, 0) is 29.8 Å². The predicted molar refractivity (Wildman–Crippen MR) is 76.0 cm³/mol. The lowest BCUT2D eigenvalue weighted by atomic mass is 10.4. The van der Waals surface area contributed by atoms with E-state index < -0.39 is 0 Å². The number of nitrogens with one attached hydrogen (secondary N) is 1. The zero-order valence-electron chi connectivity index (χ0n) is 10.7. The van der Waals surface area contributed by atoms with Crippen LogP contribution in [-0.4, -0.2) is 19.7 Å². The number of aryl methyl sites for hydroxylation is 2. The molecular formula is C12H14BrN5O. The maximum Gasteiger partial charge on any atom is 0.283 e. The third kappa shape index (κ3) is 3.17. The molecule has 0 aliphatic carbocycles. The molecule has 2 aromatic heterocycles. The van der Waals surface area contributed by atoms with Crippen LogP contribution in [0, 0.1) is 6.92 Å². The fourth-order valence-corrected chi connectivity index (χ4v) is 1.96. The quantitative estimate of drug-likeness (QED) is 0.927. The van der Waals surface area contributed by atoms with Gasteiger partial charge in [-0.15, -0.1) is 0 Å². The summed E-state index contributed by atoms with van der Waals surface area (Å²) < 4.78 is 1.87. The maximum absolute atomic E-state index is 11.9. The fraction of sp³-hybridized carbons (Fsp3) is 0.333. The molecule has 100 valence electrons. The van der Waals surface area contributed by atoms with Gasteiger partial charge in [0, 0.05) is 12.7 Å². The summed E-state index contributed by atoms with van der Waals surface area (Å²) in [5.74, 6) is 0. The van der Waals surface area contributed by atoms with E-state index in [0.717, 1.165) is 11.4 Å². The first-order chi connectivity index (χ1) is 9.11. The molecule has 0 saturated heterocycles. The van der Waals surface area contributed by atoms with Crippen molar-refractivity contribution in [2.45, 2.75) is 26.9 Å². The Bertz CT molecular complexity index is 623. The average molecular weight is 324 g/mol. The molecule has 0 radical (unpaired) electrons. The predicted octanol–water partition coefficient (Wildman–Crippen LogP) is 1.74. The second kappa shape index (κ2) is 5.92. The van der Waals surface area contributed by atoms with Crippen LogP contribution in [0.1, 0.15) is 18.3 Å². The number of hydrogen-bond acceptors (Lipinski definition) is 5. The van der Waals surface area contributed by atoms with Crippen LogP contribution in [0.15, 0.2) is 27.9 Å². The van der Waals surface area contributed by atoms with Gasteiger partial charge in [0.15, 0.2) is 0 Å². The van der Waals surface area contributed by atoms with Crippen LogP contribution in [-0.2, 0) is 13.1 Å². The molecule has 19 heavy (non-hydrogen) atoms. The number of rotatable bonds is 4. The van der Waals surface area contributed by atoms with Crippen LogP contribution in [0.3, 0.4) is 0 Å². The Morgan fingerprint density at radius 2 is 2.11 bits per heavy atom. The molecule has 0 unspecified atom stereocenters. The minimum atomic E-state index is -0.150. The zero-order chi connectivity index (χ0) is 13.8. The van der Waals surface area contributed by atoms with E-state index in [1.165, 1.54) is 4.68 Å². The summed E-state index contributed by atoms with van der Waals surface area (Å²) in [6, 6.07) is 0. The van der Waals surface area contributed by atoms with E-state index >= 15 is 0 Å². The molecule has 0 aliphatic heterocycles. The highest BCUT2D eigenvalue weighted by Gasteiger charge is 2.07. The van der Waals surface area contributed by atoms with Crippen molar-refractivity contribution < 1.29 is 0 Å². The average Bonchev–Trinajstić information content (AvgIpc) is 2.42. The summed E-state index contributed by atoms with van der Waals surface area (Å²) in [7, 11) is 0. The van der Waals surface area contributed by atoms with Crippen molar-refractivity contribution in [1.82, 2.24) is 19.7 Å². The highest BCUT2D eigenvalue weighted by Crippen LogP contribution is 2.16.